The van der Waals surface area contributed by atoms with E-state index in [2.05, 4.69) is 15.6 Å². The first-order valence-electron chi connectivity index (χ1n) is 5.71. The number of carbonyl (C=O) groups is 1. The van der Waals surface area contributed by atoms with Crippen LogP contribution >= 0.6 is 0 Å². The molecule has 0 radical (unpaired) electrons. The molecule has 2 atom stereocenters. The Morgan fingerprint density at radius 2 is 2.29 bits per heavy atom. The fourth-order valence-corrected chi connectivity index (χ4v) is 1.54. The zero-order valence-electron chi connectivity index (χ0n) is 10.2. The standard InChI is InChI=1S/C12H19N3O2/c1-9(6-10(2)16)7-14-12(17)15-11-4-3-5-13-8-11/h3-5,8-10,16H,6-7H2,1-2H3,(H2,14,15,17). The van der Waals surface area contributed by atoms with Crippen LogP contribution < -0.4 is 10.6 Å². The molecule has 5 nitrogen and oxygen atoms in total. The van der Waals surface area contributed by atoms with Gasteiger partial charge in [-0.05, 0) is 31.4 Å². The number of nitrogens with one attached hydrogen (secondary N) is 2. The molecule has 0 saturated carbocycles. The van der Waals surface area contributed by atoms with Gasteiger partial charge in [0.05, 0.1) is 18.0 Å². The molecule has 0 aliphatic rings. The van der Waals surface area contributed by atoms with Gasteiger partial charge in [0.1, 0.15) is 0 Å². The summed E-state index contributed by atoms with van der Waals surface area (Å²) in [6.45, 7) is 4.26. The molecule has 2 unspecified atom stereocenters. The van der Waals surface area contributed by atoms with Gasteiger partial charge in [0.25, 0.3) is 0 Å². The van der Waals surface area contributed by atoms with Crippen LogP contribution in [0, 0.1) is 5.92 Å². The molecule has 0 aliphatic carbocycles. The lowest BCUT2D eigenvalue weighted by Gasteiger charge is -2.14. The molecule has 1 aromatic heterocycles. The largest absolute Gasteiger partial charge is 0.393 e. The molecule has 0 aliphatic heterocycles. The average Bonchev–Trinajstić information content (AvgIpc) is 2.27. The van der Waals surface area contributed by atoms with Gasteiger partial charge in [-0.2, -0.15) is 0 Å². The van der Waals surface area contributed by atoms with Crippen molar-refractivity contribution >= 4 is 11.7 Å². The lowest BCUT2D eigenvalue weighted by Crippen LogP contribution is -2.33. The van der Waals surface area contributed by atoms with E-state index in [4.69, 9.17) is 0 Å². The number of pyridine rings is 1. The van der Waals surface area contributed by atoms with Crippen molar-refractivity contribution in [3.8, 4) is 0 Å². The molecule has 0 fully saturated rings. The van der Waals surface area contributed by atoms with E-state index in [1.165, 1.54) is 0 Å². The van der Waals surface area contributed by atoms with Crippen LogP contribution in [-0.4, -0.2) is 28.8 Å². The molecule has 5 heteroatoms. The molecule has 0 spiro atoms. The summed E-state index contributed by atoms with van der Waals surface area (Å²) < 4.78 is 0. The van der Waals surface area contributed by atoms with Crippen molar-refractivity contribution in [2.24, 2.45) is 5.92 Å². The average molecular weight is 237 g/mol. The van der Waals surface area contributed by atoms with E-state index < -0.39 is 0 Å². The fourth-order valence-electron chi connectivity index (χ4n) is 1.54. The highest BCUT2D eigenvalue weighted by Gasteiger charge is 2.08. The van der Waals surface area contributed by atoms with E-state index >= 15 is 0 Å². The summed E-state index contributed by atoms with van der Waals surface area (Å²) in [6, 6.07) is 3.27. The maximum Gasteiger partial charge on any atom is 0.319 e. The normalized spacial score (nSPS) is 13.8. The first-order valence-corrected chi connectivity index (χ1v) is 5.71. The topological polar surface area (TPSA) is 74.2 Å². The molecule has 0 bridgehead atoms. The second-order valence-corrected chi connectivity index (χ2v) is 4.27. The maximum atomic E-state index is 11.5. The number of anilines is 1. The Kier molecular flexibility index (Phi) is 5.42. The first kappa shape index (κ1) is 13.4. The summed E-state index contributed by atoms with van der Waals surface area (Å²) in [5, 5.41) is 14.6. The number of amides is 2. The Balaban J connectivity index is 2.26. The SMILES string of the molecule is CC(O)CC(C)CNC(=O)Nc1cccnc1. The third-order valence-corrected chi connectivity index (χ3v) is 2.27. The van der Waals surface area contributed by atoms with Gasteiger partial charge in [0.15, 0.2) is 0 Å². The predicted molar refractivity (Wildman–Crippen MR) is 66.7 cm³/mol. The molecule has 0 aromatic carbocycles. The third-order valence-electron chi connectivity index (χ3n) is 2.27. The van der Waals surface area contributed by atoms with Crippen molar-refractivity contribution in [2.45, 2.75) is 26.4 Å². The van der Waals surface area contributed by atoms with Crippen LogP contribution in [0.15, 0.2) is 24.5 Å². The predicted octanol–water partition coefficient (Wildman–Crippen LogP) is 1.61. The van der Waals surface area contributed by atoms with E-state index in [1.807, 2.05) is 6.92 Å². The molecule has 17 heavy (non-hydrogen) atoms. The summed E-state index contributed by atoms with van der Waals surface area (Å²) in [5.74, 6) is 0.245. The van der Waals surface area contributed by atoms with Gasteiger partial charge in [-0.25, -0.2) is 4.79 Å². The molecule has 3 N–H and O–H groups in total. The van der Waals surface area contributed by atoms with E-state index in [9.17, 15) is 9.90 Å². The Hall–Kier alpha value is -1.62. The van der Waals surface area contributed by atoms with Crippen LogP contribution in [0.4, 0.5) is 10.5 Å². The molecule has 2 amide bonds. The summed E-state index contributed by atoms with van der Waals surface area (Å²) in [4.78, 5) is 15.4. The minimum atomic E-state index is -0.340. The quantitative estimate of drug-likeness (QED) is 0.728. The van der Waals surface area contributed by atoms with Gasteiger partial charge in [0.2, 0.25) is 0 Å². The highest BCUT2D eigenvalue weighted by molar-refractivity contribution is 5.88. The fraction of sp³-hybridized carbons (Fsp3) is 0.500. The van der Waals surface area contributed by atoms with E-state index in [0.29, 0.717) is 18.7 Å². The molecule has 1 heterocycles. The zero-order valence-corrected chi connectivity index (χ0v) is 10.2. The Labute approximate surface area is 101 Å². The van der Waals surface area contributed by atoms with Crippen molar-refractivity contribution in [1.29, 1.82) is 0 Å². The minimum Gasteiger partial charge on any atom is -0.393 e. The number of nitrogens with zero attached hydrogens (tertiary/aromatic N) is 1. The number of hydrogen-bond acceptors (Lipinski definition) is 3. The van der Waals surface area contributed by atoms with E-state index in [0.717, 1.165) is 0 Å². The van der Waals surface area contributed by atoms with Gasteiger partial charge < -0.3 is 15.7 Å². The summed E-state index contributed by atoms with van der Waals surface area (Å²) >= 11 is 0. The Morgan fingerprint density at radius 1 is 1.53 bits per heavy atom. The van der Waals surface area contributed by atoms with Crippen LogP contribution in [0.3, 0.4) is 0 Å². The lowest BCUT2D eigenvalue weighted by molar-refractivity contribution is 0.163. The number of carbonyl (C=O) groups excluding carboxylic acids is 1. The Bertz CT molecular complexity index is 341. The number of aromatic nitrogens is 1. The van der Waals surface area contributed by atoms with Crippen molar-refractivity contribution in [3.05, 3.63) is 24.5 Å². The molecule has 0 saturated heterocycles. The first-order chi connectivity index (χ1) is 8.08. The van der Waals surface area contributed by atoms with Gasteiger partial charge in [-0.15, -0.1) is 0 Å². The van der Waals surface area contributed by atoms with Gasteiger partial charge in [-0.3, -0.25) is 4.98 Å². The highest BCUT2D eigenvalue weighted by atomic mass is 16.3. The minimum absolute atomic E-state index is 0.245. The number of rotatable bonds is 5. The van der Waals surface area contributed by atoms with Gasteiger partial charge >= 0.3 is 6.03 Å². The maximum absolute atomic E-state index is 11.5. The zero-order chi connectivity index (χ0) is 12.7. The molecule has 1 rings (SSSR count). The van der Waals surface area contributed by atoms with Crippen molar-refractivity contribution in [1.82, 2.24) is 10.3 Å². The smallest absolute Gasteiger partial charge is 0.319 e. The summed E-state index contributed by atoms with van der Waals surface area (Å²) in [6.07, 6.45) is 3.56. The summed E-state index contributed by atoms with van der Waals surface area (Å²) in [5.41, 5.74) is 0.660. The van der Waals surface area contributed by atoms with Crippen LogP contribution in [0.2, 0.25) is 0 Å². The van der Waals surface area contributed by atoms with E-state index in [-0.39, 0.29) is 18.1 Å². The lowest BCUT2D eigenvalue weighted by atomic mass is 10.1. The van der Waals surface area contributed by atoms with Gasteiger partial charge in [0, 0.05) is 12.7 Å². The Morgan fingerprint density at radius 3 is 2.88 bits per heavy atom. The molecular formula is C12H19N3O2. The monoisotopic (exact) mass is 237 g/mol. The van der Waals surface area contributed by atoms with Crippen LogP contribution in [0.1, 0.15) is 20.3 Å². The van der Waals surface area contributed by atoms with E-state index in [1.54, 1.807) is 31.5 Å². The molecule has 94 valence electrons. The third kappa shape index (κ3) is 5.87. The van der Waals surface area contributed by atoms with Crippen molar-refractivity contribution in [2.75, 3.05) is 11.9 Å². The number of aliphatic hydroxyl groups excluding tert-OH is 1. The number of aliphatic hydroxyl groups is 1. The second-order valence-electron chi connectivity index (χ2n) is 4.27. The van der Waals surface area contributed by atoms with Crippen molar-refractivity contribution < 1.29 is 9.90 Å². The van der Waals surface area contributed by atoms with Crippen molar-refractivity contribution in [3.63, 3.8) is 0 Å². The van der Waals surface area contributed by atoms with Crippen LogP contribution in [0.25, 0.3) is 0 Å². The second kappa shape index (κ2) is 6.85. The summed E-state index contributed by atoms with van der Waals surface area (Å²) in [7, 11) is 0. The highest BCUT2D eigenvalue weighted by Crippen LogP contribution is 2.05. The molecular weight excluding hydrogens is 218 g/mol. The molecule has 1 aromatic rings. The van der Waals surface area contributed by atoms with Crippen LogP contribution in [-0.2, 0) is 0 Å². The number of hydrogen-bond donors (Lipinski definition) is 3. The van der Waals surface area contributed by atoms with Gasteiger partial charge in [-0.1, -0.05) is 6.92 Å². The van der Waals surface area contributed by atoms with Crippen LogP contribution in [0.5, 0.6) is 0 Å². The number of urea groups is 1.